The standard InChI is InChI=1S/C12H16ClNO2S/c1-17(15,16)12-5-3-2-4-11(12)14(9-8-13)10-6-7-10/h2-5,10H,6-9H2,1H3. The summed E-state index contributed by atoms with van der Waals surface area (Å²) in [7, 11) is -3.19. The lowest BCUT2D eigenvalue weighted by Gasteiger charge is -2.25. The molecule has 17 heavy (non-hydrogen) atoms. The van der Waals surface area contributed by atoms with Crippen molar-refractivity contribution in [2.24, 2.45) is 0 Å². The Morgan fingerprint density at radius 2 is 2.00 bits per heavy atom. The van der Waals surface area contributed by atoms with Crippen LogP contribution in [0, 0.1) is 0 Å². The van der Waals surface area contributed by atoms with Crippen molar-refractivity contribution in [2.75, 3.05) is 23.6 Å². The Morgan fingerprint density at radius 1 is 1.35 bits per heavy atom. The van der Waals surface area contributed by atoms with E-state index in [1.54, 1.807) is 12.1 Å². The van der Waals surface area contributed by atoms with E-state index >= 15 is 0 Å². The van der Waals surface area contributed by atoms with Crippen molar-refractivity contribution in [1.29, 1.82) is 0 Å². The molecule has 5 heteroatoms. The second kappa shape index (κ2) is 4.86. The fourth-order valence-electron chi connectivity index (χ4n) is 1.98. The molecule has 0 aliphatic heterocycles. The van der Waals surface area contributed by atoms with Gasteiger partial charge in [-0.1, -0.05) is 12.1 Å². The highest BCUT2D eigenvalue weighted by atomic mass is 35.5. The van der Waals surface area contributed by atoms with Gasteiger partial charge in [-0.05, 0) is 25.0 Å². The van der Waals surface area contributed by atoms with Crippen LogP contribution >= 0.6 is 11.6 Å². The number of halogens is 1. The minimum atomic E-state index is -3.19. The Balaban J connectivity index is 2.42. The number of anilines is 1. The van der Waals surface area contributed by atoms with E-state index in [1.165, 1.54) is 6.26 Å². The van der Waals surface area contributed by atoms with Gasteiger partial charge in [0.15, 0.2) is 9.84 Å². The molecule has 0 amide bonds. The number of nitrogens with zero attached hydrogens (tertiary/aromatic N) is 1. The van der Waals surface area contributed by atoms with Crippen LogP contribution in [0.15, 0.2) is 29.2 Å². The number of rotatable bonds is 5. The van der Waals surface area contributed by atoms with Crippen molar-refractivity contribution >= 4 is 27.1 Å². The monoisotopic (exact) mass is 273 g/mol. The molecule has 0 bridgehead atoms. The van der Waals surface area contributed by atoms with Crippen LogP contribution in [-0.2, 0) is 9.84 Å². The van der Waals surface area contributed by atoms with Gasteiger partial charge in [-0.15, -0.1) is 11.6 Å². The topological polar surface area (TPSA) is 37.4 Å². The van der Waals surface area contributed by atoms with E-state index in [-0.39, 0.29) is 0 Å². The third-order valence-corrected chi connectivity index (χ3v) is 4.20. The van der Waals surface area contributed by atoms with Gasteiger partial charge in [0.25, 0.3) is 0 Å². The van der Waals surface area contributed by atoms with Gasteiger partial charge in [0, 0.05) is 24.7 Å². The van der Waals surface area contributed by atoms with Crippen LogP contribution in [0.2, 0.25) is 0 Å². The van der Waals surface area contributed by atoms with Gasteiger partial charge >= 0.3 is 0 Å². The Kier molecular flexibility index (Phi) is 3.64. The average molecular weight is 274 g/mol. The molecule has 2 rings (SSSR count). The molecule has 0 N–H and O–H groups in total. The van der Waals surface area contributed by atoms with Crippen LogP contribution in [-0.4, -0.2) is 33.1 Å². The highest BCUT2D eigenvalue weighted by Crippen LogP contribution is 2.35. The molecule has 1 aromatic carbocycles. The van der Waals surface area contributed by atoms with Crippen molar-refractivity contribution < 1.29 is 8.42 Å². The SMILES string of the molecule is CS(=O)(=O)c1ccccc1N(CCCl)C1CC1. The summed E-state index contributed by atoms with van der Waals surface area (Å²) in [4.78, 5) is 2.51. The van der Waals surface area contributed by atoms with Gasteiger partial charge in [-0.25, -0.2) is 8.42 Å². The zero-order valence-corrected chi connectivity index (χ0v) is 11.3. The molecule has 0 spiro atoms. The van der Waals surface area contributed by atoms with Crippen molar-refractivity contribution in [3.05, 3.63) is 24.3 Å². The number of para-hydroxylation sites is 1. The van der Waals surface area contributed by atoms with E-state index < -0.39 is 9.84 Å². The van der Waals surface area contributed by atoms with Crippen molar-refractivity contribution in [3.8, 4) is 0 Å². The van der Waals surface area contributed by atoms with Gasteiger partial charge in [0.1, 0.15) is 0 Å². The van der Waals surface area contributed by atoms with Crippen LogP contribution in [0.25, 0.3) is 0 Å². The predicted octanol–water partition coefficient (Wildman–Crippen LogP) is 2.30. The van der Waals surface area contributed by atoms with Gasteiger partial charge in [-0.2, -0.15) is 0 Å². The summed E-state index contributed by atoms with van der Waals surface area (Å²) < 4.78 is 23.5. The maximum absolute atomic E-state index is 11.7. The lowest BCUT2D eigenvalue weighted by molar-refractivity contribution is 0.601. The van der Waals surface area contributed by atoms with Gasteiger partial charge in [0.2, 0.25) is 0 Å². The molecular formula is C12H16ClNO2S. The third kappa shape index (κ3) is 2.93. The second-order valence-electron chi connectivity index (χ2n) is 4.35. The largest absolute Gasteiger partial charge is 0.366 e. The van der Waals surface area contributed by atoms with Crippen LogP contribution < -0.4 is 4.90 Å². The fourth-order valence-corrected chi connectivity index (χ4v) is 3.06. The molecule has 1 aliphatic rings. The lowest BCUT2D eigenvalue weighted by Crippen LogP contribution is -2.29. The number of benzene rings is 1. The zero-order valence-electron chi connectivity index (χ0n) is 9.77. The summed E-state index contributed by atoms with van der Waals surface area (Å²) in [5, 5.41) is 0. The van der Waals surface area contributed by atoms with E-state index in [1.807, 2.05) is 12.1 Å². The molecule has 1 aliphatic carbocycles. The van der Waals surface area contributed by atoms with Crippen LogP contribution in [0.1, 0.15) is 12.8 Å². The molecule has 0 aromatic heterocycles. The number of hydrogen-bond donors (Lipinski definition) is 0. The first-order valence-corrected chi connectivity index (χ1v) is 8.08. The zero-order chi connectivity index (χ0) is 12.5. The highest BCUT2D eigenvalue weighted by molar-refractivity contribution is 7.90. The van der Waals surface area contributed by atoms with E-state index in [4.69, 9.17) is 11.6 Å². The normalized spacial score (nSPS) is 15.9. The molecule has 1 aromatic rings. The van der Waals surface area contributed by atoms with E-state index in [9.17, 15) is 8.42 Å². The van der Waals surface area contributed by atoms with Crippen molar-refractivity contribution in [2.45, 2.75) is 23.8 Å². The maximum atomic E-state index is 11.7. The molecule has 0 radical (unpaired) electrons. The Morgan fingerprint density at radius 3 is 2.53 bits per heavy atom. The van der Waals surface area contributed by atoms with Crippen LogP contribution in [0.4, 0.5) is 5.69 Å². The second-order valence-corrected chi connectivity index (χ2v) is 6.72. The average Bonchev–Trinajstić information content (AvgIpc) is 3.08. The summed E-state index contributed by atoms with van der Waals surface area (Å²) in [6.45, 7) is 0.693. The van der Waals surface area contributed by atoms with Crippen molar-refractivity contribution in [1.82, 2.24) is 0 Å². The maximum Gasteiger partial charge on any atom is 0.177 e. The Hall–Kier alpha value is -0.740. The first-order valence-electron chi connectivity index (χ1n) is 5.65. The van der Waals surface area contributed by atoms with Gasteiger partial charge in [0.05, 0.1) is 10.6 Å². The number of sulfone groups is 1. The van der Waals surface area contributed by atoms with Crippen LogP contribution in [0.3, 0.4) is 0 Å². The van der Waals surface area contributed by atoms with Crippen LogP contribution in [0.5, 0.6) is 0 Å². The first kappa shape index (κ1) is 12.7. The smallest absolute Gasteiger partial charge is 0.177 e. The summed E-state index contributed by atoms with van der Waals surface area (Å²) >= 11 is 5.79. The minimum absolute atomic E-state index is 0.400. The molecule has 0 saturated heterocycles. The molecule has 0 heterocycles. The summed E-state index contributed by atoms with van der Waals surface area (Å²) in [6.07, 6.45) is 3.49. The molecule has 1 fully saturated rings. The summed E-state index contributed by atoms with van der Waals surface area (Å²) in [5.41, 5.74) is 0.790. The van der Waals surface area contributed by atoms with E-state index in [0.717, 1.165) is 18.5 Å². The number of alkyl halides is 1. The predicted molar refractivity (Wildman–Crippen MR) is 70.6 cm³/mol. The van der Waals surface area contributed by atoms with Gasteiger partial charge < -0.3 is 4.90 Å². The molecule has 94 valence electrons. The molecule has 0 unspecified atom stereocenters. The highest BCUT2D eigenvalue weighted by Gasteiger charge is 2.31. The molecule has 0 atom stereocenters. The molecule has 3 nitrogen and oxygen atoms in total. The number of hydrogen-bond acceptors (Lipinski definition) is 3. The molecular weight excluding hydrogens is 258 g/mol. The summed E-state index contributed by atoms with van der Waals surface area (Å²) in [6, 6.07) is 7.60. The quantitative estimate of drug-likeness (QED) is 0.773. The Labute approximate surface area is 107 Å². The van der Waals surface area contributed by atoms with Gasteiger partial charge in [-0.3, -0.25) is 0 Å². The molecule has 1 saturated carbocycles. The van der Waals surface area contributed by atoms with E-state index in [2.05, 4.69) is 4.90 Å². The minimum Gasteiger partial charge on any atom is -0.366 e. The lowest BCUT2D eigenvalue weighted by atomic mass is 10.3. The Bertz CT molecular complexity index is 497. The first-order chi connectivity index (χ1) is 8.04. The third-order valence-electron chi connectivity index (χ3n) is 2.89. The van der Waals surface area contributed by atoms with Crippen molar-refractivity contribution in [3.63, 3.8) is 0 Å². The summed E-state index contributed by atoms with van der Waals surface area (Å²) in [5.74, 6) is 0.509. The van der Waals surface area contributed by atoms with E-state index in [0.29, 0.717) is 23.4 Å². The fraction of sp³-hybridized carbons (Fsp3) is 0.500.